The maximum Gasteiger partial charge on any atom is 0.275 e. The van der Waals surface area contributed by atoms with Gasteiger partial charge in [0, 0.05) is 18.3 Å². The van der Waals surface area contributed by atoms with E-state index in [4.69, 9.17) is 10.2 Å². The van der Waals surface area contributed by atoms with E-state index in [1.54, 1.807) is 6.92 Å². The minimum Gasteiger partial charge on any atom is -0.443 e. The lowest BCUT2D eigenvalue weighted by Gasteiger charge is -2.34. The fourth-order valence-corrected chi connectivity index (χ4v) is 3.18. The van der Waals surface area contributed by atoms with Gasteiger partial charge in [-0.1, -0.05) is 0 Å². The second kappa shape index (κ2) is 7.59. The fourth-order valence-electron chi connectivity index (χ4n) is 3.18. The molecule has 0 aliphatic carbocycles. The first-order valence-electron chi connectivity index (χ1n) is 9.22. The molecule has 4 rings (SSSR count). The smallest absolute Gasteiger partial charge is 0.275 e. The van der Waals surface area contributed by atoms with E-state index in [2.05, 4.69) is 25.3 Å². The molecule has 158 valence electrons. The van der Waals surface area contributed by atoms with Crippen molar-refractivity contribution >= 4 is 23.5 Å². The number of nitrogens with two attached hydrogens (primary N) is 1. The second-order valence-electron chi connectivity index (χ2n) is 7.15. The normalized spacial score (nSPS) is 18.6. The van der Waals surface area contributed by atoms with Crippen molar-refractivity contribution in [1.82, 2.24) is 19.9 Å². The molecule has 1 unspecified atom stereocenters. The zero-order valence-electron chi connectivity index (χ0n) is 16.7. The SMILES string of the molecule is CN1C(=O)CC(C)(c2cc(NC(=O)c3cnc(-c4ncco4)cn3)ccc2F)N=C1N. The Hall–Kier alpha value is -4.15. The third kappa shape index (κ3) is 3.84. The topological polar surface area (TPSA) is 140 Å². The van der Waals surface area contributed by atoms with Gasteiger partial charge in [-0.05, 0) is 25.1 Å². The van der Waals surface area contributed by atoms with E-state index < -0.39 is 17.3 Å². The third-order valence-electron chi connectivity index (χ3n) is 4.91. The number of aliphatic imine (C=N–C) groups is 1. The first-order chi connectivity index (χ1) is 14.8. The van der Waals surface area contributed by atoms with Gasteiger partial charge in [-0.2, -0.15) is 0 Å². The fraction of sp³-hybridized carbons (Fsp3) is 0.200. The van der Waals surface area contributed by atoms with Crippen LogP contribution in [0.3, 0.4) is 0 Å². The van der Waals surface area contributed by atoms with Crippen LogP contribution in [0.15, 0.2) is 52.5 Å². The molecule has 11 heteroatoms. The van der Waals surface area contributed by atoms with Crippen molar-refractivity contribution in [3.8, 4) is 11.6 Å². The highest BCUT2D eigenvalue weighted by molar-refractivity contribution is 6.03. The van der Waals surface area contributed by atoms with Crippen molar-refractivity contribution in [2.24, 2.45) is 10.7 Å². The Labute approximate surface area is 176 Å². The number of anilines is 1. The van der Waals surface area contributed by atoms with E-state index >= 15 is 0 Å². The largest absolute Gasteiger partial charge is 0.443 e. The van der Waals surface area contributed by atoms with Crippen LogP contribution < -0.4 is 11.1 Å². The molecule has 2 aromatic heterocycles. The number of rotatable bonds is 4. The Morgan fingerprint density at radius 1 is 1.29 bits per heavy atom. The number of benzene rings is 1. The molecule has 3 heterocycles. The molecule has 3 N–H and O–H groups in total. The first kappa shape index (κ1) is 20.1. The molecule has 0 spiro atoms. The second-order valence-corrected chi connectivity index (χ2v) is 7.15. The molecule has 0 radical (unpaired) electrons. The van der Waals surface area contributed by atoms with Crippen molar-refractivity contribution in [1.29, 1.82) is 0 Å². The van der Waals surface area contributed by atoms with E-state index in [0.29, 0.717) is 11.4 Å². The molecule has 10 nitrogen and oxygen atoms in total. The van der Waals surface area contributed by atoms with Crippen LogP contribution in [-0.2, 0) is 10.3 Å². The lowest BCUT2D eigenvalue weighted by Crippen LogP contribution is -2.47. The Kier molecular flexibility index (Phi) is 4.93. The van der Waals surface area contributed by atoms with Crippen molar-refractivity contribution in [3.05, 3.63) is 60.1 Å². The Morgan fingerprint density at radius 3 is 2.74 bits per heavy atom. The van der Waals surface area contributed by atoms with Crippen LogP contribution in [0.25, 0.3) is 11.6 Å². The van der Waals surface area contributed by atoms with Gasteiger partial charge in [0.15, 0.2) is 5.96 Å². The average molecular weight is 423 g/mol. The summed E-state index contributed by atoms with van der Waals surface area (Å²) in [6.07, 6.45) is 5.45. The molecule has 1 atom stereocenters. The van der Waals surface area contributed by atoms with Crippen LogP contribution in [0.2, 0.25) is 0 Å². The van der Waals surface area contributed by atoms with E-state index in [-0.39, 0.29) is 35.4 Å². The molecular weight excluding hydrogens is 405 g/mol. The Balaban J connectivity index is 1.57. The number of nitrogens with zero attached hydrogens (tertiary/aromatic N) is 5. The predicted molar refractivity (Wildman–Crippen MR) is 108 cm³/mol. The summed E-state index contributed by atoms with van der Waals surface area (Å²) in [5.74, 6) is -1.12. The van der Waals surface area contributed by atoms with Gasteiger partial charge in [0.1, 0.15) is 23.5 Å². The van der Waals surface area contributed by atoms with Gasteiger partial charge < -0.3 is 15.5 Å². The lowest BCUT2D eigenvalue weighted by atomic mass is 9.87. The number of hydrogen-bond acceptors (Lipinski definition) is 8. The van der Waals surface area contributed by atoms with E-state index in [1.807, 2.05) is 0 Å². The number of oxazole rings is 1. The van der Waals surface area contributed by atoms with Crippen LogP contribution in [0.1, 0.15) is 29.4 Å². The minimum atomic E-state index is -1.20. The Bertz CT molecular complexity index is 1180. The van der Waals surface area contributed by atoms with Crippen molar-refractivity contribution in [2.75, 3.05) is 12.4 Å². The Morgan fingerprint density at radius 2 is 2.10 bits per heavy atom. The summed E-state index contributed by atoms with van der Waals surface area (Å²) in [7, 11) is 1.50. The van der Waals surface area contributed by atoms with Gasteiger partial charge in [0.2, 0.25) is 11.8 Å². The van der Waals surface area contributed by atoms with Gasteiger partial charge in [-0.3, -0.25) is 14.5 Å². The molecule has 3 aromatic rings. The molecule has 2 amide bonds. The van der Waals surface area contributed by atoms with Crippen LogP contribution in [0.4, 0.5) is 10.1 Å². The van der Waals surface area contributed by atoms with Crippen LogP contribution in [0.5, 0.6) is 0 Å². The number of carbonyl (C=O) groups is 2. The van der Waals surface area contributed by atoms with Crippen LogP contribution in [-0.4, -0.2) is 44.7 Å². The van der Waals surface area contributed by atoms with Crippen molar-refractivity contribution in [2.45, 2.75) is 18.9 Å². The number of guanidine groups is 1. The number of halogens is 1. The number of carbonyl (C=O) groups excluding carboxylic acids is 2. The van der Waals surface area contributed by atoms with E-state index in [9.17, 15) is 14.0 Å². The zero-order chi connectivity index (χ0) is 22.2. The van der Waals surface area contributed by atoms with Crippen LogP contribution >= 0.6 is 0 Å². The summed E-state index contributed by atoms with van der Waals surface area (Å²) in [5.41, 5.74) is 5.48. The first-order valence-corrected chi connectivity index (χ1v) is 9.22. The summed E-state index contributed by atoms with van der Waals surface area (Å²) < 4.78 is 19.7. The van der Waals surface area contributed by atoms with Crippen molar-refractivity contribution in [3.63, 3.8) is 0 Å². The summed E-state index contributed by atoms with van der Waals surface area (Å²) in [6.45, 7) is 1.61. The standard InChI is InChI=1S/C20H18FN7O3/c1-20(8-16(29)28(2)19(22)27-20)12-7-11(3-4-13(12)21)26-17(30)14-9-25-15(10-24-14)18-23-5-6-31-18/h3-7,9-10H,8H2,1-2H3,(H2,22,27)(H,26,30). The highest BCUT2D eigenvalue weighted by atomic mass is 19.1. The summed E-state index contributed by atoms with van der Waals surface area (Å²) in [4.78, 5) is 42.4. The lowest BCUT2D eigenvalue weighted by molar-refractivity contribution is -0.128. The van der Waals surface area contributed by atoms with Gasteiger partial charge in [-0.25, -0.2) is 24.3 Å². The van der Waals surface area contributed by atoms with E-state index in [0.717, 1.165) is 0 Å². The average Bonchev–Trinajstić information content (AvgIpc) is 3.28. The van der Waals surface area contributed by atoms with E-state index in [1.165, 1.54) is 55.0 Å². The molecule has 1 aromatic carbocycles. The molecule has 0 fully saturated rings. The quantitative estimate of drug-likeness (QED) is 0.653. The van der Waals surface area contributed by atoms with Gasteiger partial charge in [0.25, 0.3) is 5.91 Å². The third-order valence-corrected chi connectivity index (χ3v) is 4.91. The zero-order valence-corrected chi connectivity index (χ0v) is 16.7. The summed E-state index contributed by atoms with van der Waals surface area (Å²) in [5, 5.41) is 2.65. The molecule has 1 aliphatic heterocycles. The van der Waals surface area contributed by atoms with Gasteiger partial charge in [0.05, 0.1) is 30.6 Å². The number of hydrogen-bond donors (Lipinski definition) is 2. The molecule has 1 aliphatic rings. The summed E-state index contributed by atoms with van der Waals surface area (Å²) >= 11 is 0. The van der Waals surface area contributed by atoms with Crippen LogP contribution in [0, 0.1) is 5.82 Å². The van der Waals surface area contributed by atoms with Gasteiger partial charge in [-0.15, -0.1) is 0 Å². The van der Waals surface area contributed by atoms with Crippen molar-refractivity contribution < 1.29 is 18.4 Å². The maximum absolute atomic E-state index is 14.6. The molecule has 0 saturated carbocycles. The molecule has 0 saturated heterocycles. The minimum absolute atomic E-state index is 0.00556. The molecular formula is C20H18FN7O3. The number of amides is 2. The maximum atomic E-state index is 14.6. The predicted octanol–water partition coefficient (Wildman–Crippen LogP) is 1.91. The molecule has 31 heavy (non-hydrogen) atoms. The van der Waals surface area contributed by atoms with Gasteiger partial charge >= 0.3 is 0 Å². The number of nitrogens with one attached hydrogen (secondary N) is 1. The summed E-state index contributed by atoms with van der Waals surface area (Å²) in [6, 6.07) is 4.03. The highest BCUT2D eigenvalue weighted by Crippen LogP contribution is 2.35. The number of aromatic nitrogens is 3. The monoisotopic (exact) mass is 423 g/mol. The highest BCUT2D eigenvalue weighted by Gasteiger charge is 2.38. The molecule has 0 bridgehead atoms.